The van der Waals surface area contributed by atoms with Crippen LogP contribution in [-0.4, -0.2) is 22.8 Å². The Bertz CT molecular complexity index is 858. The van der Waals surface area contributed by atoms with Crippen LogP contribution in [0, 0.1) is 16.0 Å². The minimum absolute atomic E-state index is 0.0379. The standard InChI is InChI=1S/C19H20ClN3O5/c1-12(2)17(19(25)22-28-11-13-6-4-3-5-7-13)21-18(24)15-9-8-14(23(26)27)10-16(15)20/h3-10,12,17H,11H2,1-2H3,(H,21,24)(H,22,25). The maximum absolute atomic E-state index is 12.5. The summed E-state index contributed by atoms with van der Waals surface area (Å²) in [4.78, 5) is 40.2. The van der Waals surface area contributed by atoms with E-state index in [9.17, 15) is 19.7 Å². The van der Waals surface area contributed by atoms with Gasteiger partial charge in [-0.3, -0.25) is 24.5 Å². The molecule has 0 saturated heterocycles. The first-order valence-corrected chi connectivity index (χ1v) is 8.87. The summed E-state index contributed by atoms with van der Waals surface area (Å²) in [6.45, 7) is 3.71. The zero-order valence-electron chi connectivity index (χ0n) is 15.3. The molecule has 2 aromatic carbocycles. The molecule has 1 unspecified atom stereocenters. The zero-order valence-corrected chi connectivity index (χ0v) is 16.1. The number of halogens is 1. The van der Waals surface area contributed by atoms with Gasteiger partial charge in [-0.05, 0) is 17.5 Å². The maximum Gasteiger partial charge on any atom is 0.270 e. The van der Waals surface area contributed by atoms with E-state index >= 15 is 0 Å². The van der Waals surface area contributed by atoms with E-state index in [0.717, 1.165) is 11.6 Å². The summed E-state index contributed by atoms with van der Waals surface area (Å²) >= 11 is 5.97. The molecule has 8 nitrogen and oxygen atoms in total. The van der Waals surface area contributed by atoms with Crippen molar-refractivity contribution in [2.45, 2.75) is 26.5 Å². The number of hydrogen-bond donors (Lipinski definition) is 2. The lowest BCUT2D eigenvalue weighted by molar-refractivity contribution is -0.384. The minimum atomic E-state index is -0.880. The third-order valence-electron chi connectivity index (χ3n) is 3.90. The average Bonchev–Trinajstić information content (AvgIpc) is 2.66. The molecule has 0 heterocycles. The minimum Gasteiger partial charge on any atom is -0.340 e. The van der Waals surface area contributed by atoms with Crippen molar-refractivity contribution < 1.29 is 19.3 Å². The van der Waals surface area contributed by atoms with Crippen LogP contribution in [0.25, 0.3) is 0 Å². The second-order valence-corrected chi connectivity index (χ2v) is 6.76. The molecule has 0 aliphatic rings. The van der Waals surface area contributed by atoms with Gasteiger partial charge in [0.1, 0.15) is 6.04 Å². The lowest BCUT2D eigenvalue weighted by Gasteiger charge is -2.21. The highest BCUT2D eigenvalue weighted by atomic mass is 35.5. The lowest BCUT2D eigenvalue weighted by atomic mass is 10.0. The van der Waals surface area contributed by atoms with Crippen molar-refractivity contribution in [3.8, 4) is 0 Å². The van der Waals surface area contributed by atoms with Crippen LogP contribution in [0.5, 0.6) is 0 Å². The number of carbonyl (C=O) groups excluding carboxylic acids is 2. The van der Waals surface area contributed by atoms with Gasteiger partial charge in [-0.2, -0.15) is 0 Å². The van der Waals surface area contributed by atoms with E-state index in [1.165, 1.54) is 12.1 Å². The van der Waals surface area contributed by atoms with Gasteiger partial charge in [-0.1, -0.05) is 55.8 Å². The summed E-state index contributed by atoms with van der Waals surface area (Å²) in [5.41, 5.74) is 3.02. The number of rotatable bonds is 8. The second kappa shape index (κ2) is 9.82. The molecular weight excluding hydrogens is 386 g/mol. The monoisotopic (exact) mass is 405 g/mol. The highest BCUT2D eigenvalue weighted by molar-refractivity contribution is 6.34. The summed E-state index contributed by atoms with van der Waals surface area (Å²) < 4.78 is 0. The summed E-state index contributed by atoms with van der Waals surface area (Å²) in [5.74, 6) is -1.37. The van der Waals surface area contributed by atoms with Crippen molar-refractivity contribution >= 4 is 29.1 Å². The first kappa shape index (κ1) is 21.3. The quantitative estimate of drug-likeness (QED) is 0.517. The molecule has 0 radical (unpaired) electrons. The number of nitrogens with zero attached hydrogens (tertiary/aromatic N) is 1. The van der Waals surface area contributed by atoms with Crippen LogP contribution in [-0.2, 0) is 16.2 Å². The predicted octanol–water partition coefficient (Wildman–Crippen LogP) is 3.25. The molecule has 148 valence electrons. The smallest absolute Gasteiger partial charge is 0.270 e. The van der Waals surface area contributed by atoms with Gasteiger partial charge in [0.05, 0.1) is 22.1 Å². The molecule has 0 aromatic heterocycles. The third-order valence-corrected chi connectivity index (χ3v) is 4.21. The van der Waals surface area contributed by atoms with Gasteiger partial charge in [0.2, 0.25) is 0 Å². The molecule has 0 fully saturated rings. The lowest BCUT2D eigenvalue weighted by Crippen LogP contribution is -2.49. The fourth-order valence-electron chi connectivity index (χ4n) is 2.38. The molecule has 2 N–H and O–H groups in total. The van der Waals surface area contributed by atoms with Crippen LogP contribution in [0.15, 0.2) is 48.5 Å². The zero-order chi connectivity index (χ0) is 20.7. The number of amides is 2. The van der Waals surface area contributed by atoms with Gasteiger partial charge in [0, 0.05) is 12.1 Å². The van der Waals surface area contributed by atoms with Gasteiger partial charge < -0.3 is 5.32 Å². The average molecular weight is 406 g/mol. The van der Waals surface area contributed by atoms with E-state index in [1.54, 1.807) is 13.8 Å². The highest BCUT2D eigenvalue weighted by Crippen LogP contribution is 2.22. The molecule has 0 aliphatic heterocycles. The Morgan fingerprint density at radius 1 is 1.18 bits per heavy atom. The number of hydroxylamine groups is 1. The van der Waals surface area contributed by atoms with Crippen LogP contribution < -0.4 is 10.8 Å². The molecule has 0 spiro atoms. The Labute approximate surface area is 166 Å². The molecular formula is C19H20ClN3O5. The largest absolute Gasteiger partial charge is 0.340 e. The van der Waals surface area contributed by atoms with Crippen molar-refractivity contribution in [3.05, 3.63) is 74.8 Å². The fourth-order valence-corrected chi connectivity index (χ4v) is 2.64. The van der Waals surface area contributed by atoms with Crippen LogP contribution in [0.2, 0.25) is 5.02 Å². The summed E-state index contributed by atoms with van der Waals surface area (Å²) in [6, 6.07) is 11.9. The van der Waals surface area contributed by atoms with Crippen molar-refractivity contribution in [1.82, 2.24) is 10.8 Å². The van der Waals surface area contributed by atoms with Crippen molar-refractivity contribution in [2.75, 3.05) is 0 Å². The number of nitro groups is 1. The summed E-state index contributed by atoms with van der Waals surface area (Å²) in [7, 11) is 0. The highest BCUT2D eigenvalue weighted by Gasteiger charge is 2.26. The molecule has 0 bridgehead atoms. The first-order valence-electron chi connectivity index (χ1n) is 8.50. The third kappa shape index (κ3) is 5.77. The van der Waals surface area contributed by atoms with Crippen molar-refractivity contribution in [2.24, 2.45) is 5.92 Å². The molecule has 9 heteroatoms. The van der Waals surface area contributed by atoms with E-state index in [2.05, 4.69) is 10.8 Å². The number of non-ortho nitro benzene ring substituents is 1. The number of hydrogen-bond acceptors (Lipinski definition) is 5. The van der Waals surface area contributed by atoms with Crippen LogP contribution >= 0.6 is 11.6 Å². The molecule has 28 heavy (non-hydrogen) atoms. The van der Waals surface area contributed by atoms with E-state index in [-0.39, 0.29) is 28.8 Å². The number of nitrogens with one attached hydrogen (secondary N) is 2. The van der Waals surface area contributed by atoms with Crippen molar-refractivity contribution in [3.63, 3.8) is 0 Å². The predicted molar refractivity (Wildman–Crippen MR) is 104 cm³/mol. The molecule has 0 saturated carbocycles. The molecule has 2 aromatic rings. The number of benzene rings is 2. The first-order chi connectivity index (χ1) is 13.3. The van der Waals surface area contributed by atoms with Gasteiger partial charge in [-0.15, -0.1) is 0 Å². The normalized spacial score (nSPS) is 11.7. The van der Waals surface area contributed by atoms with Crippen LogP contribution in [0.1, 0.15) is 29.8 Å². The fraction of sp³-hybridized carbons (Fsp3) is 0.263. The van der Waals surface area contributed by atoms with E-state index < -0.39 is 22.8 Å². The van der Waals surface area contributed by atoms with Gasteiger partial charge in [0.25, 0.3) is 17.5 Å². The SMILES string of the molecule is CC(C)C(NC(=O)c1ccc([N+](=O)[O-])cc1Cl)C(=O)NOCc1ccccc1. The van der Waals surface area contributed by atoms with Gasteiger partial charge in [0.15, 0.2) is 0 Å². The second-order valence-electron chi connectivity index (χ2n) is 6.36. The van der Waals surface area contributed by atoms with E-state index in [4.69, 9.17) is 16.4 Å². The Morgan fingerprint density at radius 3 is 2.43 bits per heavy atom. The maximum atomic E-state index is 12.5. The number of carbonyl (C=O) groups is 2. The Hall–Kier alpha value is -2.97. The molecule has 2 amide bonds. The van der Waals surface area contributed by atoms with Gasteiger partial charge in [-0.25, -0.2) is 5.48 Å². The molecule has 2 rings (SSSR count). The molecule has 0 aliphatic carbocycles. The van der Waals surface area contributed by atoms with Crippen LogP contribution in [0.3, 0.4) is 0 Å². The Kier molecular flexibility index (Phi) is 7.48. The summed E-state index contributed by atoms with van der Waals surface area (Å²) in [5, 5.41) is 13.3. The van der Waals surface area contributed by atoms with Crippen LogP contribution in [0.4, 0.5) is 5.69 Å². The van der Waals surface area contributed by atoms with E-state index in [1.807, 2.05) is 30.3 Å². The Balaban J connectivity index is 2.00. The summed E-state index contributed by atoms with van der Waals surface area (Å²) in [6.07, 6.45) is 0. The number of nitro benzene ring substituents is 1. The van der Waals surface area contributed by atoms with E-state index in [0.29, 0.717) is 0 Å². The Morgan fingerprint density at radius 2 is 1.86 bits per heavy atom. The molecule has 1 atom stereocenters. The van der Waals surface area contributed by atoms with Crippen molar-refractivity contribution in [1.29, 1.82) is 0 Å². The topological polar surface area (TPSA) is 111 Å². The van der Waals surface area contributed by atoms with Gasteiger partial charge >= 0.3 is 0 Å².